The average Bonchev–Trinajstić information content (AvgIpc) is 3.39. The third-order valence-corrected chi connectivity index (χ3v) is 6.60. The third kappa shape index (κ3) is 12.9. The van der Waals surface area contributed by atoms with Crippen LogP contribution in [0.1, 0.15) is 58.5 Å². The molecule has 248 valence electrons. The van der Waals surface area contributed by atoms with Crippen molar-refractivity contribution in [3.63, 3.8) is 0 Å². The van der Waals surface area contributed by atoms with Crippen molar-refractivity contribution in [2.24, 2.45) is 10.4 Å². The minimum atomic E-state index is -4.68. The van der Waals surface area contributed by atoms with Crippen molar-refractivity contribution in [3.05, 3.63) is 59.2 Å². The monoisotopic (exact) mass is 624 g/mol. The highest BCUT2D eigenvalue weighted by Gasteiger charge is 2.49. The molecule has 1 aromatic carbocycles. The summed E-state index contributed by atoms with van der Waals surface area (Å²) < 4.78 is 54.0. The number of benzene rings is 1. The van der Waals surface area contributed by atoms with Crippen molar-refractivity contribution in [1.82, 2.24) is 9.88 Å². The Kier molecular flexibility index (Phi) is 14.3. The number of aromatic nitrogens is 1. The van der Waals surface area contributed by atoms with Crippen LogP contribution in [0.15, 0.2) is 47.2 Å². The summed E-state index contributed by atoms with van der Waals surface area (Å²) in [6.07, 6.45) is -1.78. The molecule has 44 heavy (non-hydrogen) atoms. The SMILES string of the molecule is C/C=C(\N=C/c1ccc(CC(C)(O)C(F)(F)F)[nH]1)N1CCOCC1.CC(C)(C)C.COc1ccc(N2CCOCC2)cc1C. The van der Waals surface area contributed by atoms with Gasteiger partial charge >= 0.3 is 6.18 Å². The van der Waals surface area contributed by atoms with E-state index in [1.54, 1.807) is 19.4 Å². The number of nitrogens with one attached hydrogen (secondary N) is 1. The summed E-state index contributed by atoms with van der Waals surface area (Å²) in [5, 5.41) is 9.53. The lowest BCUT2D eigenvalue weighted by molar-refractivity contribution is -0.252. The van der Waals surface area contributed by atoms with E-state index in [0.717, 1.165) is 57.9 Å². The molecular formula is C33H51F3N4O4. The number of aliphatic imine (C=N–C) groups is 1. The van der Waals surface area contributed by atoms with Crippen LogP contribution in [0, 0.1) is 12.3 Å². The zero-order valence-corrected chi connectivity index (χ0v) is 27.6. The van der Waals surface area contributed by atoms with Gasteiger partial charge in [-0.1, -0.05) is 27.7 Å². The van der Waals surface area contributed by atoms with Crippen molar-refractivity contribution in [3.8, 4) is 5.75 Å². The second-order valence-corrected chi connectivity index (χ2v) is 12.6. The molecule has 2 aromatic rings. The van der Waals surface area contributed by atoms with Crippen molar-refractivity contribution < 1.29 is 32.5 Å². The van der Waals surface area contributed by atoms with Crippen molar-refractivity contribution >= 4 is 11.9 Å². The van der Waals surface area contributed by atoms with E-state index in [1.807, 2.05) is 19.1 Å². The Hall–Kier alpha value is -3.02. The fourth-order valence-corrected chi connectivity index (χ4v) is 4.26. The van der Waals surface area contributed by atoms with Gasteiger partial charge in [-0.15, -0.1) is 0 Å². The molecule has 0 radical (unpaired) electrons. The summed E-state index contributed by atoms with van der Waals surface area (Å²) in [7, 11) is 1.71. The molecule has 2 saturated heterocycles. The zero-order valence-electron chi connectivity index (χ0n) is 27.6. The number of rotatable bonds is 7. The topological polar surface area (TPSA) is 82.6 Å². The highest BCUT2D eigenvalue weighted by molar-refractivity contribution is 5.78. The maximum Gasteiger partial charge on any atom is 0.417 e. The lowest BCUT2D eigenvalue weighted by Crippen LogP contribution is -2.44. The first-order valence-corrected chi connectivity index (χ1v) is 15.0. The maximum atomic E-state index is 12.7. The molecule has 2 aliphatic rings. The number of alkyl halides is 3. The number of aliphatic hydroxyl groups is 1. The predicted molar refractivity (Wildman–Crippen MR) is 171 cm³/mol. The zero-order chi connectivity index (χ0) is 33.0. The van der Waals surface area contributed by atoms with Crippen LogP contribution in [0.2, 0.25) is 0 Å². The molecule has 0 bridgehead atoms. The molecule has 2 fully saturated rings. The minimum absolute atomic E-state index is 0.298. The van der Waals surface area contributed by atoms with E-state index in [2.05, 4.69) is 66.5 Å². The standard InChI is InChI=1S/C16H22F3N3O2.C12H17NO2.C5H12/c1-3-14(22-6-8-24-9-7-22)20-11-13-5-4-12(21-13)10-15(2,23)16(17,18)19;1-10-9-11(3-4-12(10)14-2)13-5-7-15-8-6-13;1-5(2,3)4/h3-5,11,21,23H,6-10H2,1-2H3;3-4,9H,5-8H2,1-2H3;1-4H3/b14-3+,20-11-;;. The Labute approximate surface area is 260 Å². The lowest BCUT2D eigenvalue weighted by atomic mass is 10.00. The summed E-state index contributed by atoms with van der Waals surface area (Å²) in [5.74, 6) is 1.74. The highest BCUT2D eigenvalue weighted by atomic mass is 19.4. The van der Waals surface area contributed by atoms with Crippen LogP contribution in [0.4, 0.5) is 18.9 Å². The maximum absolute atomic E-state index is 12.7. The van der Waals surface area contributed by atoms with Gasteiger partial charge in [-0.2, -0.15) is 13.2 Å². The van der Waals surface area contributed by atoms with E-state index in [0.29, 0.717) is 30.0 Å². The molecule has 1 aromatic heterocycles. The molecule has 0 saturated carbocycles. The Balaban J connectivity index is 0.000000286. The number of ether oxygens (including phenoxy) is 3. The fourth-order valence-electron chi connectivity index (χ4n) is 4.26. The second-order valence-electron chi connectivity index (χ2n) is 12.6. The van der Waals surface area contributed by atoms with E-state index in [4.69, 9.17) is 14.2 Å². The minimum Gasteiger partial charge on any atom is -0.496 e. The largest absolute Gasteiger partial charge is 0.496 e. The molecular weight excluding hydrogens is 573 g/mol. The van der Waals surface area contributed by atoms with Crippen LogP contribution in [-0.4, -0.2) is 92.7 Å². The van der Waals surface area contributed by atoms with Crippen molar-refractivity contribution in [2.75, 3.05) is 64.6 Å². The molecule has 1 unspecified atom stereocenters. The summed E-state index contributed by atoms with van der Waals surface area (Å²) in [6.45, 7) is 19.9. The molecule has 8 nitrogen and oxygen atoms in total. The van der Waals surface area contributed by atoms with E-state index >= 15 is 0 Å². The third-order valence-electron chi connectivity index (χ3n) is 6.60. The van der Waals surface area contributed by atoms with Gasteiger partial charge in [-0.3, -0.25) is 0 Å². The molecule has 1 atom stereocenters. The number of halogens is 3. The van der Waals surface area contributed by atoms with Gasteiger partial charge in [-0.25, -0.2) is 4.99 Å². The van der Waals surface area contributed by atoms with Crippen LogP contribution in [-0.2, 0) is 15.9 Å². The summed E-state index contributed by atoms with van der Waals surface area (Å²) in [4.78, 5) is 11.7. The first-order valence-electron chi connectivity index (χ1n) is 15.0. The Morgan fingerprint density at radius 3 is 2.05 bits per heavy atom. The average molecular weight is 625 g/mol. The van der Waals surface area contributed by atoms with E-state index in [1.165, 1.54) is 17.3 Å². The second kappa shape index (κ2) is 16.9. The number of aryl methyl sites for hydroxylation is 1. The Morgan fingerprint density at radius 2 is 1.55 bits per heavy atom. The molecule has 0 spiro atoms. The molecule has 2 aliphatic heterocycles. The summed E-state index contributed by atoms with van der Waals surface area (Å²) in [5.41, 5.74) is 1.05. The van der Waals surface area contributed by atoms with Crippen molar-refractivity contribution in [2.45, 2.75) is 66.7 Å². The molecule has 11 heteroatoms. The fraction of sp³-hybridized carbons (Fsp3) is 0.606. The van der Waals surface area contributed by atoms with Gasteiger partial charge in [0.05, 0.1) is 45.4 Å². The number of methoxy groups -OCH3 is 1. The number of H-pyrrole nitrogens is 1. The van der Waals surface area contributed by atoms with Gasteiger partial charge in [0.1, 0.15) is 11.6 Å². The van der Waals surface area contributed by atoms with Crippen LogP contribution in [0.25, 0.3) is 0 Å². The number of hydrogen-bond acceptors (Lipinski definition) is 7. The Bertz CT molecular complexity index is 1180. The Morgan fingerprint density at radius 1 is 0.977 bits per heavy atom. The van der Waals surface area contributed by atoms with Gasteiger partial charge in [0, 0.05) is 44.0 Å². The van der Waals surface area contributed by atoms with E-state index < -0.39 is 18.2 Å². The number of hydrogen-bond donors (Lipinski definition) is 2. The predicted octanol–water partition coefficient (Wildman–Crippen LogP) is 6.38. The van der Waals surface area contributed by atoms with E-state index in [9.17, 15) is 18.3 Å². The molecule has 3 heterocycles. The number of nitrogens with zero attached hydrogens (tertiary/aromatic N) is 3. The van der Waals surface area contributed by atoms with Crippen LogP contribution < -0.4 is 9.64 Å². The molecule has 4 rings (SSSR count). The van der Waals surface area contributed by atoms with Crippen LogP contribution >= 0.6 is 0 Å². The summed E-state index contributed by atoms with van der Waals surface area (Å²) >= 11 is 0. The smallest absolute Gasteiger partial charge is 0.417 e. The van der Waals surface area contributed by atoms with Gasteiger partial charge < -0.3 is 34.1 Å². The van der Waals surface area contributed by atoms with Gasteiger partial charge in [-0.05, 0) is 68.2 Å². The normalized spacial score (nSPS) is 17.8. The van der Waals surface area contributed by atoms with Crippen LogP contribution in [0.5, 0.6) is 5.75 Å². The highest BCUT2D eigenvalue weighted by Crippen LogP contribution is 2.32. The van der Waals surface area contributed by atoms with Gasteiger partial charge in [0.15, 0.2) is 5.60 Å². The first kappa shape index (κ1) is 37.2. The van der Waals surface area contributed by atoms with E-state index in [-0.39, 0.29) is 0 Å². The van der Waals surface area contributed by atoms with Gasteiger partial charge in [0.25, 0.3) is 0 Å². The molecule has 0 amide bonds. The van der Waals surface area contributed by atoms with Crippen molar-refractivity contribution in [1.29, 1.82) is 0 Å². The van der Waals surface area contributed by atoms with Crippen LogP contribution in [0.3, 0.4) is 0 Å². The number of anilines is 1. The first-order chi connectivity index (χ1) is 20.5. The summed E-state index contributed by atoms with van der Waals surface area (Å²) in [6, 6.07) is 9.46. The number of allylic oxidation sites excluding steroid dienone is 1. The molecule has 2 N–H and O–H groups in total. The van der Waals surface area contributed by atoms with Gasteiger partial charge in [0.2, 0.25) is 0 Å². The quantitative estimate of drug-likeness (QED) is 0.348. The number of aromatic amines is 1. The number of morpholine rings is 2. The molecule has 0 aliphatic carbocycles. The lowest BCUT2D eigenvalue weighted by Gasteiger charge is -2.29.